The zero-order chi connectivity index (χ0) is 34.4. The number of anilines is 1. The Morgan fingerprint density at radius 1 is 0.519 bits per heavy atom. The highest BCUT2D eigenvalue weighted by atomic mass is 15.1. The van der Waals surface area contributed by atoms with E-state index in [9.17, 15) is 0 Å². The first kappa shape index (κ1) is 29.8. The van der Waals surface area contributed by atoms with Crippen LogP contribution in [0.1, 0.15) is 5.82 Å². The van der Waals surface area contributed by atoms with Crippen LogP contribution in [-0.4, -0.2) is 36.8 Å². The summed E-state index contributed by atoms with van der Waals surface area (Å²) in [4.78, 5) is 30.9. The smallest absolute Gasteiger partial charge is 0.320 e. The van der Waals surface area contributed by atoms with Crippen molar-refractivity contribution in [1.82, 2.24) is 29.9 Å². The van der Waals surface area contributed by atoms with E-state index in [1.54, 1.807) is 24.8 Å². The lowest BCUT2D eigenvalue weighted by Crippen LogP contribution is -2.49. The van der Waals surface area contributed by atoms with E-state index in [1.807, 2.05) is 36.5 Å². The minimum Gasteiger partial charge on any atom is -0.381 e. The van der Waals surface area contributed by atoms with Gasteiger partial charge in [0.25, 0.3) is 0 Å². The summed E-state index contributed by atoms with van der Waals surface area (Å²) in [6.45, 7) is -0.109. The van der Waals surface area contributed by atoms with Crippen LogP contribution >= 0.6 is 0 Å². The average Bonchev–Trinajstić information content (AvgIpc) is 3.24. The first-order valence-corrected chi connectivity index (χ1v) is 17.2. The number of rotatable bonds is 5. The Balaban J connectivity index is 1.22. The first-order valence-electron chi connectivity index (χ1n) is 17.2. The van der Waals surface area contributed by atoms with Gasteiger partial charge in [-0.1, -0.05) is 97.0 Å². The molecule has 4 aromatic carbocycles. The predicted molar refractivity (Wildman–Crippen MR) is 209 cm³/mol. The fourth-order valence-electron chi connectivity index (χ4n) is 7.34. The topological polar surface area (TPSA) is 80.6 Å². The molecule has 0 unspecified atom stereocenters. The van der Waals surface area contributed by atoms with Crippen molar-refractivity contribution >= 4 is 34.5 Å². The average molecular weight is 666 g/mol. The van der Waals surface area contributed by atoms with Gasteiger partial charge in [-0.15, -0.1) is 0 Å². The first-order chi connectivity index (χ1) is 25.8. The second kappa shape index (κ2) is 12.4. The molecule has 52 heavy (non-hydrogen) atoms. The summed E-state index contributed by atoms with van der Waals surface area (Å²) in [5, 5.41) is 1.08. The molecule has 4 aromatic heterocycles. The van der Waals surface area contributed by atoms with E-state index in [2.05, 4.69) is 124 Å². The zero-order valence-corrected chi connectivity index (χ0v) is 27.9. The number of allylic oxidation sites excluding steroid dienone is 2. The van der Waals surface area contributed by atoms with E-state index in [0.717, 1.165) is 38.9 Å². The highest BCUT2D eigenvalue weighted by molar-refractivity contribution is 6.84. The zero-order valence-electron chi connectivity index (χ0n) is 27.9. The van der Waals surface area contributed by atoms with E-state index in [4.69, 9.17) is 19.9 Å². The summed E-state index contributed by atoms with van der Waals surface area (Å²) >= 11 is 0. The van der Waals surface area contributed by atoms with Gasteiger partial charge in [-0.25, -0.2) is 15.0 Å². The summed E-state index contributed by atoms with van der Waals surface area (Å²) in [6.07, 6.45) is 13.2. The molecule has 242 valence electrons. The molecule has 8 aromatic rings. The number of benzene rings is 4. The lowest BCUT2D eigenvalue weighted by Gasteiger charge is -2.38. The van der Waals surface area contributed by atoms with Crippen LogP contribution in [0.15, 0.2) is 171 Å². The van der Waals surface area contributed by atoms with Gasteiger partial charge in [-0.3, -0.25) is 15.0 Å². The second-order valence-corrected chi connectivity index (χ2v) is 12.8. The van der Waals surface area contributed by atoms with Crippen LogP contribution in [0.25, 0.3) is 72.6 Å². The normalized spacial score (nSPS) is 13.0. The molecule has 0 bridgehead atoms. The van der Waals surface area contributed by atoms with E-state index in [-0.39, 0.29) is 6.85 Å². The molecule has 6 heterocycles. The van der Waals surface area contributed by atoms with Gasteiger partial charge in [0.15, 0.2) is 17.5 Å². The number of hydrogen-bond donors (Lipinski definition) is 0. The maximum Gasteiger partial charge on any atom is 0.320 e. The van der Waals surface area contributed by atoms with Crippen molar-refractivity contribution < 1.29 is 0 Å². The van der Waals surface area contributed by atoms with E-state index in [1.165, 1.54) is 33.3 Å². The Kier molecular flexibility index (Phi) is 7.09. The number of hydrogen-bond acceptors (Lipinski definition) is 7. The SMILES string of the molecule is C1=CC(c2nc(-c3cccnc3)nc(-c3cccnc3)n2)=CN2B1c1cc(-c3ccccc3)cc(-c3ccccc3)c1-c1ccc3cccnc3c12. The number of aromatic nitrogens is 6. The third-order valence-electron chi connectivity index (χ3n) is 9.72. The van der Waals surface area contributed by atoms with E-state index >= 15 is 0 Å². The molecule has 10 rings (SSSR count). The Morgan fingerprint density at radius 2 is 1.17 bits per heavy atom. The molecule has 0 N–H and O–H groups in total. The van der Waals surface area contributed by atoms with Crippen molar-refractivity contribution in [3.63, 3.8) is 0 Å². The van der Waals surface area contributed by atoms with Crippen LogP contribution in [0.5, 0.6) is 0 Å². The molecule has 0 amide bonds. The Labute approximate surface area is 300 Å². The third-order valence-corrected chi connectivity index (χ3v) is 9.72. The lowest BCUT2D eigenvalue weighted by molar-refractivity contribution is 1.03. The highest BCUT2D eigenvalue weighted by Gasteiger charge is 2.38. The molecule has 7 nitrogen and oxygen atoms in total. The van der Waals surface area contributed by atoms with Crippen molar-refractivity contribution in [2.24, 2.45) is 0 Å². The molecule has 0 saturated heterocycles. The number of nitrogens with zero attached hydrogens (tertiary/aromatic N) is 7. The Hall–Kier alpha value is -7.06. The number of fused-ring (bicyclic) bond motifs is 8. The molecule has 0 fully saturated rings. The fourth-order valence-corrected chi connectivity index (χ4v) is 7.34. The minimum atomic E-state index is -0.109. The van der Waals surface area contributed by atoms with Crippen LogP contribution in [-0.2, 0) is 0 Å². The van der Waals surface area contributed by atoms with E-state index in [0.29, 0.717) is 17.5 Å². The summed E-state index contributed by atoms with van der Waals surface area (Å²) in [5.41, 5.74) is 12.7. The maximum atomic E-state index is 5.02. The van der Waals surface area contributed by atoms with Gasteiger partial charge in [0.05, 0.1) is 11.2 Å². The molecule has 0 spiro atoms. The van der Waals surface area contributed by atoms with Crippen molar-refractivity contribution in [2.75, 3.05) is 4.81 Å². The third kappa shape index (κ3) is 5.08. The molecular formula is C44H28BN7. The molecule has 2 aliphatic rings. The monoisotopic (exact) mass is 665 g/mol. The largest absolute Gasteiger partial charge is 0.381 e. The van der Waals surface area contributed by atoms with Gasteiger partial charge in [0.2, 0.25) is 0 Å². The quantitative estimate of drug-likeness (QED) is 0.170. The Bertz CT molecular complexity index is 2630. The minimum absolute atomic E-state index is 0.109. The summed E-state index contributed by atoms with van der Waals surface area (Å²) in [6, 6.07) is 42.2. The van der Waals surface area contributed by atoms with Crippen LogP contribution in [0.2, 0.25) is 0 Å². The van der Waals surface area contributed by atoms with Crippen molar-refractivity contribution in [3.8, 4) is 56.2 Å². The predicted octanol–water partition coefficient (Wildman–Crippen LogP) is 8.71. The molecular weight excluding hydrogens is 637 g/mol. The van der Waals surface area contributed by atoms with Crippen molar-refractivity contribution in [1.29, 1.82) is 0 Å². The molecule has 0 saturated carbocycles. The van der Waals surface area contributed by atoms with Crippen LogP contribution in [0.3, 0.4) is 0 Å². The molecule has 0 aliphatic carbocycles. The van der Waals surface area contributed by atoms with Crippen LogP contribution < -0.4 is 10.3 Å². The molecule has 2 aliphatic heterocycles. The fraction of sp³-hybridized carbons (Fsp3) is 0. The van der Waals surface area contributed by atoms with Gasteiger partial charge in [0.1, 0.15) is 0 Å². The summed E-state index contributed by atoms with van der Waals surface area (Å²) in [7, 11) is 0. The van der Waals surface area contributed by atoms with Crippen molar-refractivity contribution in [3.05, 3.63) is 176 Å². The van der Waals surface area contributed by atoms with Gasteiger partial charge < -0.3 is 4.81 Å². The van der Waals surface area contributed by atoms with Gasteiger partial charge in [0, 0.05) is 64.8 Å². The van der Waals surface area contributed by atoms with Crippen LogP contribution in [0.4, 0.5) is 5.69 Å². The Morgan fingerprint density at radius 3 is 1.87 bits per heavy atom. The molecule has 8 heteroatoms. The lowest BCUT2D eigenvalue weighted by atomic mass is 9.48. The summed E-state index contributed by atoms with van der Waals surface area (Å²) in [5.74, 6) is 3.92. The van der Waals surface area contributed by atoms with Crippen LogP contribution in [0, 0.1) is 0 Å². The van der Waals surface area contributed by atoms with E-state index < -0.39 is 0 Å². The van der Waals surface area contributed by atoms with Gasteiger partial charge >= 0.3 is 6.85 Å². The van der Waals surface area contributed by atoms with Crippen molar-refractivity contribution in [2.45, 2.75) is 0 Å². The standard InChI is InChI=1S/C44H28BN7/c1-3-10-29(11-4-1)35-24-37(30-12-5-2-6-13-30)39-36-18-17-31-14-9-23-48-40(31)41(36)52-28-34(19-20-45(52)38(39)25-35)44-50-42(32-15-7-21-46-26-32)49-43(51-44)33-16-8-22-47-27-33/h1-28H. The molecule has 0 atom stereocenters. The maximum absolute atomic E-state index is 5.02. The second-order valence-electron chi connectivity index (χ2n) is 12.8. The summed E-state index contributed by atoms with van der Waals surface area (Å²) < 4.78 is 0. The molecule has 0 radical (unpaired) electrons. The van der Waals surface area contributed by atoms with Gasteiger partial charge in [-0.2, -0.15) is 0 Å². The highest BCUT2D eigenvalue weighted by Crippen LogP contribution is 2.46. The number of pyridine rings is 3. The van der Waals surface area contributed by atoms with Gasteiger partial charge in [-0.05, 0) is 69.7 Å².